The molecule has 2 N–H and O–H groups in total. The van der Waals surface area contributed by atoms with Crippen molar-refractivity contribution < 1.29 is 4.79 Å². The van der Waals surface area contributed by atoms with Crippen molar-refractivity contribution in [1.82, 2.24) is 25.2 Å². The molecule has 1 unspecified atom stereocenters. The Labute approximate surface area is 194 Å². The summed E-state index contributed by atoms with van der Waals surface area (Å²) < 4.78 is 0. The normalized spacial score (nSPS) is 19.4. The molecule has 1 atom stereocenters. The maximum atomic E-state index is 14.0. The van der Waals surface area contributed by atoms with E-state index in [0.29, 0.717) is 19.0 Å². The highest BCUT2D eigenvalue weighted by atomic mass is 16.2. The van der Waals surface area contributed by atoms with Gasteiger partial charge in [0.2, 0.25) is 5.95 Å². The fraction of sp³-hybridized carbons (Fsp3) is 0.440. The quantitative estimate of drug-likeness (QED) is 0.638. The number of nitrogens with zero attached hydrogens (tertiary/aromatic N) is 5. The van der Waals surface area contributed by atoms with E-state index in [0.717, 1.165) is 60.9 Å². The Morgan fingerprint density at radius 2 is 1.88 bits per heavy atom. The second-order valence-electron chi connectivity index (χ2n) is 8.94. The first-order valence-electron chi connectivity index (χ1n) is 11.9. The number of hydrogen-bond acceptors (Lipinski definition) is 6. The van der Waals surface area contributed by atoms with Gasteiger partial charge in [-0.15, -0.1) is 0 Å². The summed E-state index contributed by atoms with van der Waals surface area (Å²) in [7, 11) is 0. The van der Waals surface area contributed by atoms with E-state index in [1.807, 2.05) is 28.1 Å². The molecule has 0 saturated carbocycles. The number of rotatable bonds is 4. The molecule has 2 aliphatic rings. The minimum Gasteiger partial charge on any atom is -0.351 e. The Bertz CT molecular complexity index is 1090. The summed E-state index contributed by atoms with van der Waals surface area (Å²) in [6.07, 6.45) is 9.06. The lowest BCUT2D eigenvalue weighted by Gasteiger charge is -2.40. The van der Waals surface area contributed by atoms with E-state index in [1.165, 1.54) is 0 Å². The minimum atomic E-state index is 0.0568. The average Bonchev–Trinajstić information content (AvgIpc) is 2.86. The number of aromatic nitrogens is 3. The Morgan fingerprint density at radius 1 is 1.06 bits per heavy atom. The number of carbonyl (C=O) groups excluding carboxylic acids is 1. The summed E-state index contributed by atoms with van der Waals surface area (Å²) in [5, 5.41) is 9.06. The molecule has 0 spiro atoms. The topological polar surface area (TPSA) is 86.3 Å². The monoisotopic (exact) mass is 445 g/mol. The maximum Gasteiger partial charge on any atom is 0.325 e. The van der Waals surface area contributed by atoms with Crippen molar-refractivity contribution in [3.05, 3.63) is 54.5 Å². The van der Waals surface area contributed by atoms with Crippen LogP contribution in [0.5, 0.6) is 0 Å². The van der Waals surface area contributed by atoms with Crippen molar-refractivity contribution in [1.29, 1.82) is 0 Å². The molecule has 4 heterocycles. The summed E-state index contributed by atoms with van der Waals surface area (Å²) in [5.74, 6) is 1.43. The lowest BCUT2D eigenvalue weighted by Crippen LogP contribution is -2.55. The van der Waals surface area contributed by atoms with Crippen LogP contribution < -0.4 is 15.5 Å². The summed E-state index contributed by atoms with van der Waals surface area (Å²) in [6, 6.07) is 10.5. The number of anilines is 2. The Hall–Kier alpha value is -3.26. The number of urea groups is 1. The van der Waals surface area contributed by atoms with E-state index in [9.17, 15) is 4.79 Å². The smallest absolute Gasteiger partial charge is 0.325 e. The summed E-state index contributed by atoms with van der Waals surface area (Å²) >= 11 is 0. The molecule has 0 aliphatic carbocycles. The number of nitrogens with one attached hydrogen (secondary N) is 2. The third kappa shape index (κ3) is 4.61. The van der Waals surface area contributed by atoms with Gasteiger partial charge in [-0.3, -0.25) is 4.90 Å². The predicted molar refractivity (Wildman–Crippen MR) is 130 cm³/mol. The molecule has 2 aromatic heterocycles. The van der Waals surface area contributed by atoms with Crippen molar-refractivity contribution >= 4 is 28.6 Å². The number of piperidine rings is 2. The van der Waals surface area contributed by atoms with Crippen LogP contribution in [0.3, 0.4) is 0 Å². The van der Waals surface area contributed by atoms with Crippen LogP contribution in [0, 0.1) is 6.92 Å². The number of fused-ring (bicyclic) bond motifs is 1. The maximum absolute atomic E-state index is 14.0. The van der Waals surface area contributed by atoms with Crippen LogP contribution in [0.15, 0.2) is 48.9 Å². The Balaban J connectivity index is 1.39. The molecular formula is C25H31N7O. The van der Waals surface area contributed by atoms with E-state index >= 15 is 0 Å². The van der Waals surface area contributed by atoms with Crippen molar-refractivity contribution in [2.75, 3.05) is 36.4 Å². The van der Waals surface area contributed by atoms with Crippen LogP contribution in [-0.2, 0) is 0 Å². The molecule has 5 rings (SSSR count). The molecule has 0 radical (unpaired) electrons. The zero-order valence-corrected chi connectivity index (χ0v) is 19.1. The fourth-order valence-corrected chi connectivity index (χ4v) is 4.97. The number of hydrogen-bond donors (Lipinski definition) is 2. The van der Waals surface area contributed by atoms with Crippen LogP contribution in [0.1, 0.15) is 31.2 Å². The van der Waals surface area contributed by atoms with Gasteiger partial charge in [-0.25, -0.2) is 19.7 Å². The van der Waals surface area contributed by atoms with Crippen molar-refractivity contribution in [3.8, 4) is 0 Å². The number of aryl methyl sites for hydroxylation is 1. The van der Waals surface area contributed by atoms with Crippen LogP contribution in [-0.4, -0.2) is 64.1 Å². The van der Waals surface area contributed by atoms with E-state index in [1.54, 1.807) is 12.4 Å². The molecule has 0 bridgehead atoms. The molecule has 172 valence electrons. The van der Waals surface area contributed by atoms with Crippen molar-refractivity contribution in [2.45, 2.75) is 44.7 Å². The third-order valence-corrected chi connectivity index (χ3v) is 6.71. The second-order valence-corrected chi connectivity index (χ2v) is 8.94. The minimum absolute atomic E-state index is 0.0568. The molecule has 8 nitrogen and oxygen atoms in total. The lowest BCUT2D eigenvalue weighted by molar-refractivity contribution is 0.186. The molecule has 2 saturated heterocycles. The van der Waals surface area contributed by atoms with E-state index in [-0.39, 0.29) is 18.1 Å². The first-order valence-corrected chi connectivity index (χ1v) is 11.9. The molecule has 2 aliphatic heterocycles. The third-order valence-electron chi connectivity index (χ3n) is 6.71. The second kappa shape index (κ2) is 9.70. The number of pyridine rings is 1. The van der Waals surface area contributed by atoms with Gasteiger partial charge in [0.05, 0.1) is 6.04 Å². The van der Waals surface area contributed by atoms with Crippen molar-refractivity contribution in [3.63, 3.8) is 0 Å². The van der Waals surface area contributed by atoms with Gasteiger partial charge in [0.15, 0.2) is 0 Å². The van der Waals surface area contributed by atoms with Gasteiger partial charge in [0.1, 0.15) is 5.82 Å². The summed E-state index contributed by atoms with van der Waals surface area (Å²) in [4.78, 5) is 31.2. The van der Waals surface area contributed by atoms with Gasteiger partial charge >= 0.3 is 6.03 Å². The van der Waals surface area contributed by atoms with Gasteiger partial charge in [0, 0.05) is 49.7 Å². The Kier molecular flexibility index (Phi) is 6.35. The molecule has 8 heteroatoms. The molecule has 2 amide bonds. The van der Waals surface area contributed by atoms with Crippen LogP contribution in [0.25, 0.3) is 10.8 Å². The number of carbonyl (C=O) groups is 1. The lowest BCUT2D eigenvalue weighted by atomic mass is 10.0. The van der Waals surface area contributed by atoms with E-state index < -0.39 is 0 Å². The van der Waals surface area contributed by atoms with Crippen LogP contribution >= 0.6 is 0 Å². The zero-order valence-electron chi connectivity index (χ0n) is 19.1. The molecular weight excluding hydrogens is 414 g/mol. The van der Waals surface area contributed by atoms with Gasteiger partial charge in [0.25, 0.3) is 0 Å². The molecule has 33 heavy (non-hydrogen) atoms. The van der Waals surface area contributed by atoms with Gasteiger partial charge in [-0.05, 0) is 62.2 Å². The van der Waals surface area contributed by atoms with Crippen LogP contribution in [0.4, 0.5) is 16.6 Å². The highest BCUT2D eigenvalue weighted by Gasteiger charge is 2.34. The average molecular weight is 446 g/mol. The molecule has 2 fully saturated rings. The van der Waals surface area contributed by atoms with Gasteiger partial charge in [-0.1, -0.05) is 18.2 Å². The first kappa shape index (κ1) is 21.6. The standard InChI is InChI=1S/C25H31N7O/c1-18-5-2-6-19-8-14-27-23(22(18)19)32(21-7-3-11-26-17-21)25(33)31-15-9-20(10-16-31)30-24-28-12-4-13-29-24/h2,4-6,8,12-14,20-21,26H,3,7,9-11,15-17H2,1H3,(H,28,29,30). The summed E-state index contributed by atoms with van der Waals surface area (Å²) in [6.45, 7) is 5.28. The van der Waals surface area contributed by atoms with E-state index in [2.05, 4.69) is 45.7 Å². The van der Waals surface area contributed by atoms with Gasteiger partial charge < -0.3 is 15.5 Å². The Morgan fingerprint density at radius 3 is 2.64 bits per heavy atom. The fourth-order valence-electron chi connectivity index (χ4n) is 4.97. The SMILES string of the molecule is Cc1cccc2ccnc(N(C(=O)N3CCC(Nc4ncccn4)CC3)C3CCCNC3)c12. The predicted octanol–water partition coefficient (Wildman–Crippen LogP) is 3.59. The highest BCUT2D eigenvalue weighted by Crippen LogP contribution is 2.31. The number of likely N-dealkylation sites (tertiary alicyclic amines) is 1. The van der Waals surface area contributed by atoms with E-state index in [4.69, 9.17) is 4.98 Å². The van der Waals surface area contributed by atoms with Crippen LogP contribution in [0.2, 0.25) is 0 Å². The first-order chi connectivity index (χ1) is 16.2. The highest BCUT2D eigenvalue weighted by molar-refractivity contribution is 6.03. The zero-order chi connectivity index (χ0) is 22.6. The largest absolute Gasteiger partial charge is 0.351 e. The molecule has 3 aromatic rings. The van der Waals surface area contributed by atoms with Gasteiger partial charge in [-0.2, -0.15) is 0 Å². The number of amides is 2. The van der Waals surface area contributed by atoms with Crippen molar-refractivity contribution in [2.24, 2.45) is 0 Å². The number of benzene rings is 1. The molecule has 1 aromatic carbocycles. The summed E-state index contributed by atoms with van der Waals surface area (Å²) in [5.41, 5.74) is 1.14.